The maximum atomic E-state index is 12.5. The molecule has 1 aromatic carbocycles. The first-order valence-corrected chi connectivity index (χ1v) is 7.20. The minimum Gasteiger partial charge on any atom is -0.341 e. The summed E-state index contributed by atoms with van der Waals surface area (Å²) in [4.78, 5) is 14.4. The number of carbonyl (C=O) groups excluding carboxylic acids is 1. The average Bonchev–Trinajstić information content (AvgIpc) is 2.39. The van der Waals surface area contributed by atoms with Crippen LogP contribution in [0.15, 0.2) is 24.3 Å². The van der Waals surface area contributed by atoms with Crippen LogP contribution in [0.1, 0.15) is 35.2 Å². The van der Waals surface area contributed by atoms with Gasteiger partial charge >= 0.3 is 0 Å². The van der Waals surface area contributed by atoms with Gasteiger partial charge in [-0.2, -0.15) is 0 Å². The van der Waals surface area contributed by atoms with E-state index in [2.05, 4.69) is 11.4 Å². The van der Waals surface area contributed by atoms with Crippen molar-refractivity contribution in [1.82, 2.24) is 10.2 Å². The van der Waals surface area contributed by atoms with Crippen LogP contribution in [0.25, 0.3) is 0 Å². The van der Waals surface area contributed by atoms with Crippen LogP contribution in [-0.2, 0) is 6.42 Å². The third-order valence-corrected chi connectivity index (χ3v) is 4.00. The maximum Gasteiger partial charge on any atom is 0.253 e. The van der Waals surface area contributed by atoms with Crippen molar-refractivity contribution in [3.8, 4) is 0 Å². The zero-order chi connectivity index (χ0) is 13.7. The van der Waals surface area contributed by atoms with Gasteiger partial charge in [-0.3, -0.25) is 4.79 Å². The molecule has 0 saturated heterocycles. The molecule has 1 aliphatic carbocycles. The second kappa shape index (κ2) is 6.71. The smallest absolute Gasteiger partial charge is 0.253 e. The first-order chi connectivity index (χ1) is 9.22. The van der Waals surface area contributed by atoms with Gasteiger partial charge in [0.1, 0.15) is 0 Å². The fourth-order valence-electron chi connectivity index (χ4n) is 2.56. The normalized spacial score (nSPS) is 15.1. The number of hydrogen-bond acceptors (Lipinski definition) is 2. The number of carbonyl (C=O) groups is 1. The summed E-state index contributed by atoms with van der Waals surface area (Å²) in [6, 6.07) is 7.97. The molecule has 1 aliphatic rings. The van der Waals surface area contributed by atoms with Crippen molar-refractivity contribution in [2.24, 2.45) is 5.92 Å². The average molecular weight is 260 g/mol. The lowest BCUT2D eigenvalue weighted by Crippen LogP contribution is -2.34. The molecule has 0 radical (unpaired) electrons. The molecule has 1 amide bonds. The van der Waals surface area contributed by atoms with E-state index in [1.165, 1.54) is 19.3 Å². The van der Waals surface area contributed by atoms with Crippen molar-refractivity contribution >= 4 is 5.91 Å². The molecular formula is C16H24N2O. The van der Waals surface area contributed by atoms with Gasteiger partial charge in [0, 0.05) is 19.2 Å². The Hall–Kier alpha value is -1.35. The van der Waals surface area contributed by atoms with Crippen molar-refractivity contribution in [3.63, 3.8) is 0 Å². The lowest BCUT2D eigenvalue weighted by atomic mass is 9.85. The van der Waals surface area contributed by atoms with Crippen molar-refractivity contribution in [2.75, 3.05) is 27.2 Å². The van der Waals surface area contributed by atoms with Crippen LogP contribution >= 0.6 is 0 Å². The van der Waals surface area contributed by atoms with Crippen LogP contribution in [0.3, 0.4) is 0 Å². The standard InChI is InChI=1S/C16H24N2O/c1-17-11-10-14-8-3-4-9-15(14)16(19)18(2)12-13-6-5-7-13/h3-4,8-9,13,17H,5-7,10-12H2,1-2H3. The molecule has 0 unspecified atom stereocenters. The maximum absolute atomic E-state index is 12.5. The SMILES string of the molecule is CNCCc1ccccc1C(=O)N(C)CC1CCC1. The number of nitrogens with one attached hydrogen (secondary N) is 1. The van der Waals surface area contributed by atoms with E-state index >= 15 is 0 Å². The van der Waals surface area contributed by atoms with E-state index < -0.39 is 0 Å². The van der Waals surface area contributed by atoms with Gasteiger partial charge in [-0.1, -0.05) is 24.6 Å². The van der Waals surface area contributed by atoms with E-state index in [0.717, 1.165) is 36.6 Å². The molecule has 1 saturated carbocycles. The van der Waals surface area contributed by atoms with Gasteiger partial charge < -0.3 is 10.2 Å². The predicted octanol–water partition coefficient (Wildman–Crippen LogP) is 2.32. The Balaban J connectivity index is 2.04. The number of benzene rings is 1. The highest BCUT2D eigenvalue weighted by molar-refractivity contribution is 5.95. The highest BCUT2D eigenvalue weighted by Crippen LogP contribution is 2.27. The molecule has 0 aliphatic heterocycles. The molecule has 1 fully saturated rings. The fraction of sp³-hybridized carbons (Fsp3) is 0.562. The number of amides is 1. The summed E-state index contributed by atoms with van der Waals surface area (Å²) in [6.07, 6.45) is 4.78. The zero-order valence-corrected chi connectivity index (χ0v) is 12.0. The van der Waals surface area contributed by atoms with E-state index in [1.54, 1.807) is 0 Å². The van der Waals surface area contributed by atoms with Crippen LogP contribution in [0.4, 0.5) is 0 Å². The zero-order valence-electron chi connectivity index (χ0n) is 12.0. The summed E-state index contributed by atoms with van der Waals surface area (Å²) in [5.41, 5.74) is 2.00. The van der Waals surface area contributed by atoms with Crippen molar-refractivity contribution in [2.45, 2.75) is 25.7 Å². The summed E-state index contributed by atoms with van der Waals surface area (Å²) in [5.74, 6) is 0.886. The minimum atomic E-state index is 0.165. The topological polar surface area (TPSA) is 32.3 Å². The van der Waals surface area contributed by atoms with E-state index in [-0.39, 0.29) is 5.91 Å². The molecule has 3 nitrogen and oxygen atoms in total. The Morgan fingerprint density at radius 2 is 2.11 bits per heavy atom. The molecule has 2 rings (SSSR count). The van der Waals surface area contributed by atoms with Gasteiger partial charge in [-0.05, 0) is 50.4 Å². The summed E-state index contributed by atoms with van der Waals surface area (Å²) in [6.45, 7) is 1.80. The second-order valence-corrected chi connectivity index (χ2v) is 5.49. The predicted molar refractivity (Wildman–Crippen MR) is 78.4 cm³/mol. The molecule has 0 atom stereocenters. The summed E-state index contributed by atoms with van der Waals surface area (Å²) in [5, 5.41) is 3.14. The number of rotatable bonds is 6. The molecule has 0 heterocycles. The lowest BCUT2D eigenvalue weighted by molar-refractivity contribution is 0.0744. The molecule has 0 bridgehead atoms. The Morgan fingerprint density at radius 3 is 2.74 bits per heavy atom. The summed E-state index contributed by atoms with van der Waals surface area (Å²) >= 11 is 0. The van der Waals surface area contributed by atoms with Crippen LogP contribution in [0, 0.1) is 5.92 Å². The van der Waals surface area contributed by atoms with Crippen molar-refractivity contribution in [1.29, 1.82) is 0 Å². The van der Waals surface area contributed by atoms with Crippen molar-refractivity contribution < 1.29 is 4.79 Å². The quantitative estimate of drug-likeness (QED) is 0.851. The highest BCUT2D eigenvalue weighted by atomic mass is 16.2. The molecular weight excluding hydrogens is 236 g/mol. The third kappa shape index (κ3) is 3.57. The van der Waals surface area contributed by atoms with Crippen LogP contribution < -0.4 is 5.32 Å². The molecule has 19 heavy (non-hydrogen) atoms. The van der Waals surface area contributed by atoms with E-state index in [9.17, 15) is 4.79 Å². The third-order valence-electron chi connectivity index (χ3n) is 4.00. The highest BCUT2D eigenvalue weighted by Gasteiger charge is 2.22. The number of hydrogen-bond donors (Lipinski definition) is 1. The molecule has 0 aromatic heterocycles. The van der Waals surface area contributed by atoms with Gasteiger partial charge in [0.15, 0.2) is 0 Å². The minimum absolute atomic E-state index is 0.165. The molecule has 104 valence electrons. The first-order valence-electron chi connectivity index (χ1n) is 7.20. The molecule has 1 N–H and O–H groups in total. The molecule has 3 heteroatoms. The number of likely N-dealkylation sites (N-methyl/N-ethyl adjacent to an activating group) is 1. The molecule has 0 spiro atoms. The van der Waals surface area contributed by atoms with Gasteiger partial charge in [0.2, 0.25) is 0 Å². The van der Waals surface area contributed by atoms with Crippen LogP contribution in [-0.4, -0.2) is 38.0 Å². The van der Waals surface area contributed by atoms with Crippen LogP contribution in [0.2, 0.25) is 0 Å². The summed E-state index contributed by atoms with van der Waals surface area (Å²) in [7, 11) is 3.86. The largest absolute Gasteiger partial charge is 0.341 e. The number of nitrogens with zero attached hydrogens (tertiary/aromatic N) is 1. The van der Waals surface area contributed by atoms with E-state index in [1.807, 2.05) is 37.2 Å². The van der Waals surface area contributed by atoms with Crippen LogP contribution in [0.5, 0.6) is 0 Å². The Morgan fingerprint density at radius 1 is 1.37 bits per heavy atom. The monoisotopic (exact) mass is 260 g/mol. The lowest BCUT2D eigenvalue weighted by Gasteiger charge is -2.30. The Bertz CT molecular complexity index is 427. The van der Waals surface area contributed by atoms with Crippen molar-refractivity contribution in [3.05, 3.63) is 35.4 Å². The van der Waals surface area contributed by atoms with E-state index in [0.29, 0.717) is 0 Å². The fourth-order valence-corrected chi connectivity index (χ4v) is 2.56. The Labute approximate surface area is 116 Å². The van der Waals surface area contributed by atoms with Gasteiger partial charge in [-0.15, -0.1) is 0 Å². The van der Waals surface area contributed by atoms with E-state index in [4.69, 9.17) is 0 Å². The van der Waals surface area contributed by atoms with Gasteiger partial charge in [-0.25, -0.2) is 0 Å². The Kier molecular flexibility index (Phi) is 4.97. The summed E-state index contributed by atoms with van der Waals surface area (Å²) < 4.78 is 0. The van der Waals surface area contributed by atoms with Gasteiger partial charge in [0.05, 0.1) is 0 Å². The van der Waals surface area contributed by atoms with Gasteiger partial charge in [0.25, 0.3) is 5.91 Å². The second-order valence-electron chi connectivity index (χ2n) is 5.49. The first kappa shape index (κ1) is 14.1. The molecule has 1 aromatic rings.